The Kier molecular flexibility index (Phi) is 4.52. The molecule has 1 aliphatic heterocycles. The van der Waals surface area contributed by atoms with Gasteiger partial charge in [0.15, 0.2) is 5.82 Å². The molecule has 1 aromatic rings. The number of nitrogen functional groups attached to an aromatic ring is 1. The van der Waals surface area contributed by atoms with Crippen molar-refractivity contribution in [3.63, 3.8) is 0 Å². The fourth-order valence-electron chi connectivity index (χ4n) is 2.13. The van der Waals surface area contributed by atoms with Gasteiger partial charge in [-0.3, -0.25) is 0 Å². The predicted octanol–water partition coefficient (Wildman–Crippen LogP) is 1.93. The molecule has 0 amide bonds. The van der Waals surface area contributed by atoms with Gasteiger partial charge in [0.25, 0.3) is 0 Å². The molecule has 1 fully saturated rings. The zero-order chi connectivity index (χ0) is 13.9. The van der Waals surface area contributed by atoms with Crippen LogP contribution in [0.15, 0.2) is 6.07 Å². The number of nitrogens with two attached hydrogens (primary N) is 1. The molecule has 0 radical (unpaired) electrons. The summed E-state index contributed by atoms with van der Waals surface area (Å²) in [5.41, 5.74) is 5.87. The third kappa shape index (κ3) is 3.98. The molecule has 0 bridgehead atoms. The zero-order valence-electron chi connectivity index (χ0n) is 11.8. The van der Waals surface area contributed by atoms with E-state index in [0.29, 0.717) is 24.9 Å². The molecule has 1 aromatic heterocycles. The van der Waals surface area contributed by atoms with Gasteiger partial charge in [-0.1, -0.05) is 0 Å². The average molecular weight is 282 g/mol. The van der Waals surface area contributed by atoms with E-state index >= 15 is 0 Å². The van der Waals surface area contributed by atoms with Crippen LogP contribution in [0, 0.1) is 0 Å². The van der Waals surface area contributed by atoms with E-state index in [4.69, 9.17) is 10.5 Å². The number of nitrogens with zero attached hydrogens (tertiary/aromatic N) is 3. The Balaban J connectivity index is 2.16. The summed E-state index contributed by atoms with van der Waals surface area (Å²) in [6, 6.07) is 1.85. The Morgan fingerprint density at radius 2 is 2.26 bits per heavy atom. The van der Waals surface area contributed by atoms with Gasteiger partial charge in [0.2, 0.25) is 0 Å². The Hall–Kier alpha value is -1.01. The van der Waals surface area contributed by atoms with E-state index in [-0.39, 0.29) is 4.75 Å². The average Bonchev–Trinajstić information content (AvgIpc) is 2.34. The van der Waals surface area contributed by atoms with Crippen LogP contribution in [0.25, 0.3) is 0 Å². The standard InChI is InChI=1S/C13H22N4OS/c1-4-18-8-11-15-10(14)7-12(16-11)17-5-6-19-13(2,3)9-17/h7H,4-6,8-9H2,1-3H3,(H2,14,15,16). The van der Waals surface area contributed by atoms with Gasteiger partial charge in [-0.15, -0.1) is 0 Å². The molecule has 1 aliphatic rings. The van der Waals surface area contributed by atoms with Crippen molar-refractivity contribution in [2.45, 2.75) is 32.1 Å². The molecule has 2 N–H and O–H groups in total. The summed E-state index contributed by atoms with van der Waals surface area (Å²) in [5.74, 6) is 3.19. The molecule has 0 saturated carbocycles. The number of aromatic nitrogens is 2. The zero-order valence-corrected chi connectivity index (χ0v) is 12.7. The van der Waals surface area contributed by atoms with E-state index in [1.165, 1.54) is 0 Å². The molecule has 106 valence electrons. The molecule has 0 atom stereocenters. The first kappa shape index (κ1) is 14.4. The van der Waals surface area contributed by atoms with Crippen LogP contribution >= 0.6 is 11.8 Å². The molecule has 5 nitrogen and oxygen atoms in total. The minimum Gasteiger partial charge on any atom is -0.384 e. The minimum absolute atomic E-state index is 0.248. The van der Waals surface area contributed by atoms with Crippen molar-refractivity contribution in [3.05, 3.63) is 11.9 Å². The van der Waals surface area contributed by atoms with Crippen LogP contribution in [0.5, 0.6) is 0 Å². The molecule has 0 aromatic carbocycles. The Morgan fingerprint density at radius 1 is 1.47 bits per heavy atom. The quantitative estimate of drug-likeness (QED) is 0.910. The summed E-state index contributed by atoms with van der Waals surface area (Å²) >= 11 is 2.00. The van der Waals surface area contributed by atoms with Crippen molar-refractivity contribution < 1.29 is 4.74 Å². The van der Waals surface area contributed by atoms with Gasteiger partial charge in [-0.25, -0.2) is 9.97 Å². The lowest BCUT2D eigenvalue weighted by molar-refractivity contribution is 0.128. The van der Waals surface area contributed by atoms with Crippen LogP contribution in [0.3, 0.4) is 0 Å². The Morgan fingerprint density at radius 3 is 2.95 bits per heavy atom. The molecule has 1 saturated heterocycles. The molecule has 6 heteroatoms. The van der Waals surface area contributed by atoms with Crippen molar-refractivity contribution in [3.8, 4) is 0 Å². The first-order chi connectivity index (χ1) is 9.00. The van der Waals surface area contributed by atoms with Gasteiger partial charge in [-0.05, 0) is 20.8 Å². The third-order valence-corrected chi connectivity index (χ3v) is 4.26. The van der Waals surface area contributed by atoms with E-state index in [9.17, 15) is 0 Å². The van der Waals surface area contributed by atoms with E-state index < -0.39 is 0 Å². The number of anilines is 2. The molecular weight excluding hydrogens is 260 g/mol. The number of thioether (sulfide) groups is 1. The first-order valence-electron chi connectivity index (χ1n) is 6.60. The third-order valence-electron chi connectivity index (χ3n) is 2.96. The summed E-state index contributed by atoms with van der Waals surface area (Å²) in [5, 5.41) is 0. The summed E-state index contributed by atoms with van der Waals surface area (Å²) in [7, 11) is 0. The van der Waals surface area contributed by atoms with Crippen molar-refractivity contribution in [2.75, 3.05) is 36.1 Å². The van der Waals surface area contributed by atoms with E-state index in [1.54, 1.807) is 0 Å². The minimum atomic E-state index is 0.248. The van der Waals surface area contributed by atoms with E-state index in [2.05, 4.69) is 28.7 Å². The number of hydrogen-bond donors (Lipinski definition) is 1. The summed E-state index contributed by atoms with van der Waals surface area (Å²) in [6.45, 7) is 9.52. The number of hydrogen-bond acceptors (Lipinski definition) is 6. The van der Waals surface area contributed by atoms with Gasteiger partial charge >= 0.3 is 0 Å². The highest BCUT2D eigenvalue weighted by molar-refractivity contribution is 8.00. The highest BCUT2D eigenvalue weighted by Gasteiger charge is 2.28. The molecule has 2 heterocycles. The van der Waals surface area contributed by atoms with Crippen LogP contribution in [0.2, 0.25) is 0 Å². The van der Waals surface area contributed by atoms with Crippen molar-refractivity contribution in [2.24, 2.45) is 0 Å². The lowest BCUT2D eigenvalue weighted by Gasteiger charge is -2.38. The van der Waals surface area contributed by atoms with Crippen molar-refractivity contribution in [1.82, 2.24) is 9.97 Å². The van der Waals surface area contributed by atoms with Gasteiger partial charge in [0.05, 0.1) is 0 Å². The van der Waals surface area contributed by atoms with E-state index in [1.807, 2.05) is 24.8 Å². The molecule has 0 aliphatic carbocycles. The summed E-state index contributed by atoms with van der Waals surface area (Å²) in [4.78, 5) is 11.1. The molecule has 19 heavy (non-hydrogen) atoms. The van der Waals surface area contributed by atoms with Gasteiger partial charge in [0.1, 0.15) is 18.2 Å². The van der Waals surface area contributed by atoms with Gasteiger partial charge in [0, 0.05) is 36.3 Å². The molecule has 0 spiro atoms. The topological polar surface area (TPSA) is 64.3 Å². The maximum atomic E-state index is 5.87. The maximum absolute atomic E-state index is 5.87. The highest BCUT2D eigenvalue weighted by Crippen LogP contribution is 2.31. The SMILES string of the molecule is CCOCc1nc(N)cc(N2CCSC(C)(C)C2)n1. The van der Waals surface area contributed by atoms with Crippen LogP contribution in [0.1, 0.15) is 26.6 Å². The second-order valence-electron chi connectivity index (χ2n) is 5.23. The smallest absolute Gasteiger partial charge is 0.158 e. The predicted molar refractivity (Wildman–Crippen MR) is 80.5 cm³/mol. The maximum Gasteiger partial charge on any atom is 0.158 e. The van der Waals surface area contributed by atoms with Crippen molar-refractivity contribution >= 4 is 23.4 Å². The molecular formula is C13H22N4OS. The molecule has 2 rings (SSSR count). The van der Waals surface area contributed by atoms with E-state index in [0.717, 1.165) is 24.7 Å². The lowest BCUT2D eigenvalue weighted by atomic mass is 10.2. The monoisotopic (exact) mass is 282 g/mol. The highest BCUT2D eigenvalue weighted by atomic mass is 32.2. The number of ether oxygens (including phenoxy) is 1. The van der Waals surface area contributed by atoms with Gasteiger partial charge in [-0.2, -0.15) is 11.8 Å². The van der Waals surface area contributed by atoms with Crippen LogP contribution in [0.4, 0.5) is 11.6 Å². The number of rotatable bonds is 4. The molecule has 0 unspecified atom stereocenters. The second-order valence-corrected chi connectivity index (χ2v) is 7.04. The second kappa shape index (κ2) is 5.96. The van der Waals surface area contributed by atoms with Crippen LogP contribution < -0.4 is 10.6 Å². The van der Waals surface area contributed by atoms with Crippen LogP contribution in [-0.2, 0) is 11.3 Å². The van der Waals surface area contributed by atoms with Crippen molar-refractivity contribution in [1.29, 1.82) is 0 Å². The van der Waals surface area contributed by atoms with Crippen LogP contribution in [-0.4, -0.2) is 40.2 Å². The Bertz CT molecular complexity index is 439. The van der Waals surface area contributed by atoms with Gasteiger partial charge < -0.3 is 15.4 Å². The largest absolute Gasteiger partial charge is 0.384 e. The first-order valence-corrected chi connectivity index (χ1v) is 7.59. The lowest BCUT2D eigenvalue weighted by Crippen LogP contribution is -2.43. The normalized spacial score (nSPS) is 18.6. The summed E-state index contributed by atoms with van der Waals surface area (Å²) in [6.07, 6.45) is 0. The summed E-state index contributed by atoms with van der Waals surface area (Å²) < 4.78 is 5.60. The fourth-order valence-corrected chi connectivity index (χ4v) is 3.25. The fraction of sp³-hybridized carbons (Fsp3) is 0.692. The Labute approximate surface area is 118 Å².